The molecule has 3 rings (SSSR count). The van der Waals surface area contributed by atoms with Crippen LogP contribution in [0.3, 0.4) is 0 Å². The first-order chi connectivity index (χ1) is 14.3. The fourth-order valence-corrected chi connectivity index (χ4v) is 4.69. The lowest BCUT2D eigenvalue weighted by atomic mass is 10.2. The Bertz CT molecular complexity index is 1080. The molecule has 0 saturated carbocycles. The predicted molar refractivity (Wildman–Crippen MR) is 131 cm³/mol. The van der Waals surface area contributed by atoms with E-state index in [0.29, 0.717) is 22.3 Å². The van der Waals surface area contributed by atoms with Crippen LogP contribution in [0.1, 0.15) is 11.1 Å². The van der Waals surface area contributed by atoms with Gasteiger partial charge in [0.15, 0.2) is 6.61 Å². The number of ether oxygens (including phenoxy) is 1. The summed E-state index contributed by atoms with van der Waals surface area (Å²) in [5.41, 5.74) is 3.40. The molecule has 3 aromatic carbocycles. The number of nitrogens with one attached hydrogen (secondary N) is 2. The average molecular weight is 573 g/mol. The van der Waals surface area contributed by atoms with Gasteiger partial charge < -0.3 is 15.4 Å². The van der Waals surface area contributed by atoms with Crippen LogP contribution >= 0.6 is 55.1 Å². The standard InChI is InChI=1S/C22H18Br2Cl2N2O2/c1-13-3-2-4-17(7-13)28-21(29)12-30-22-14(8-15(23)9-18(22)24)11-27-20-6-5-16(25)10-19(20)26/h2-10,27H,11-12H2,1H3,(H,28,29). The van der Waals surface area contributed by atoms with Crippen molar-refractivity contribution in [3.8, 4) is 5.75 Å². The number of anilines is 2. The predicted octanol–water partition coefficient (Wildman–Crippen LogP) is 7.46. The lowest BCUT2D eigenvalue weighted by Crippen LogP contribution is -2.21. The molecule has 0 heterocycles. The number of halogens is 4. The molecule has 0 aliphatic heterocycles. The van der Waals surface area contributed by atoms with E-state index in [2.05, 4.69) is 42.5 Å². The maximum atomic E-state index is 12.3. The lowest BCUT2D eigenvalue weighted by molar-refractivity contribution is -0.118. The normalized spacial score (nSPS) is 10.6. The quantitative estimate of drug-likeness (QED) is 0.309. The Morgan fingerprint density at radius 1 is 1.07 bits per heavy atom. The monoisotopic (exact) mass is 570 g/mol. The van der Waals surface area contributed by atoms with Crippen molar-refractivity contribution in [2.24, 2.45) is 0 Å². The minimum Gasteiger partial charge on any atom is -0.482 e. The Morgan fingerprint density at radius 3 is 2.60 bits per heavy atom. The van der Waals surface area contributed by atoms with E-state index in [1.54, 1.807) is 12.1 Å². The van der Waals surface area contributed by atoms with Crippen molar-refractivity contribution in [3.63, 3.8) is 0 Å². The van der Waals surface area contributed by atoms with E-state index < -0.39 is 0 Å². The molecule has 8 heteroatoms. The van der Waals surface area contributed by atoms with E-state index in [0.717, 1.165) is 31.4 Å². The number of rotatable bonds is 7. The van der Waals surface area contributed by atoms with Crippen molar-refractivity contribution >= 4 is 72.3 Å². The Morgan fingerprint density at radius 2 is 1.87 bits per heavy atom. The van der Waals surface area contributed by atoms with Crippen LogP contribution in [0.5, 0.6) is 5.75 Å². The Balaban J connectivity index is 1.70. The molecule has 0 bridgehead atoms. The molecular formula is C22H18Br2Cl2N2O2. The molecule has 0 spiro atoms. The molecule has 0 aliphatic rings. The van der Waals surface area contributed by atoms with Crippen LogP contribution in [-0.4, -0.2) is 12.5 Å². The second-order valence-electron chi connectivity index (χ2n) is 6.56. The molecule has 30 heavy (non-hydrogen) atoms. The van der Waals surface area contributed by atoms with Crippen molar-refractivity contribution in [3.05, 3.63) is 84.7 Å². The van der Waals surface area contributed by atoms with Gasteiger partial charge in [-0.2, -0.15) is 0 Å². The van der Waals surface area contributed by atoms with Crippen LogP contribution < -0.4 is 15.4 Å². The fraction of sp³-hybridized carbons (Fsp3) is 0.136. The maximum absolute atomic E-state index is 12.3. The summed E-state index contributed by atoms with van der Waals surface area (Å²) in [6.45, 7) is 2.29. The van der Waals surface area contributed by atoms with Crippen molar-refractivity contribution in [1.82, 2.24) is 0 Å². The van der Waals surface area contributed by atoms with Crippen molar-refractivity contribution in [1.29, 1.82) is 0 Å². The second-order valence-corrected chi connectivity index (χ2v) is 9.17. The summed E-state index contributed by atoms with van der Waals surface area (Å²) in [4.78, 5) is 12.3. The minimum absolute atomic E-state index is 0.122. The molecule has 4 nitrogen and oxygen atoms in total. The van der Waals surface area contributed by atoms with Gasteiger partial charge in [-0.3, -0.25) is 4.79 Å². The van der Waals surface area contributed by atoms with Crippen LogP contribution in [0.15, 0.2) is 63.5 Å². The summed E-state index contributed by atoms with van der Waals surface area (Å²) >= 11 is 19.2. The molecule has 156 valence electrons. The zero-order valence-electron chi connectivity index (χ0n) is 15.9. The van der Waals surface area contributed by atoms with Gasteiger partial charge in [0.25, 0.3) is 5.91 Å². The van der Waals surface area contributed by atoms with Crippen LogP contribution in [-0.2, 0) is 11.3 Å². The number of hydrogen-bond donors (Lipinski definition) is 2. The molecule has 3 aromatic rings. The van der Waals surface area contributed by atoms with Crippen molar-refractivity contribution in [2.45, 2.75) is 13.5 Å². The number of amides is 1. The van der Waals surface area contributed by atoms with E-state index in [9.17, 15) is 4.79 Å². The highest BCUT2D eigenvalue weighted by Crippen LogP contribution is 2.34. The highest BCUT2D eigenvalue weighted by atomic mass is 79.9. The number of aryl methyl sites for hydroxylation is 1. The summed E-state index contributed by atoms with van der Waals surface area (Å²) in [5, 5.41) is 7.21. The second kappa shape index (κ2) is 10.5. The highest BCUT2D eigenvalue weighted by Gasteiger charge is 2.13. The first-order valence-corrected chi connectivity index (χ1v) is 11.3. The van der Waals surface area contributed by atoms with E-state index in [1.165, 1.54) is 0 Å². The molecule has 0 unspecified atom stereocenters. The summed E-state index contributed by atoms with van der Waals surface area (Å²) in [5.74, 6) is 0.338. The average Bonchev–Trinajstić information content (AvgIpc) is 2.66. The summed E-state index contributed by atoms with van der Waals surface area (Å²) in [6.07, 6.45) is 0. The van der Waals surface area contributed by atoms with Gasteiger partial charge in [0.1, 0.15) is 5.75 Å². The summed E-state index contributed by atoms with van der Waals surface area (Å²) in [7, 11) is 0. The molecule has 0 atom stereocenters. The summed E-state index contributed by atoms with van der Waals surface area (Å²) < 4.78 is 7.47. The van der Waals surface area contributed by atoms with Gasteiger partial charge in [0, 0.05) is 27.3 Å². The molecule has 1 amide bonds. The third kappa shape index (κ3) is 6.38. The van der Waals surface area contributed by atoms with Crippen LogP contribution in [0.2, 0.25) is 10.0 Å². The van der Waals surface area contributed by atoms with Gasteiger partial charge in [-0.25, -0.2) is 0 Å². The van der Waals surface area contributed by atoms with Gasteiger partial charge in [-0.05, 0) is 70.9 Å². The fourth-order valence-electron chi connectivity index (χ4n) is 2.79. The SMILES string of the molecule is Cc1cccc(NC(=O)COc2c(Br)cc(Br)cc2CNc2ccc(Cl)cc2Cl)c1. The molecule has 0 saturated heterocycles. The first-order valence-electron chi connectivity index (χ1n) is 8.98. The van der Waals surface area contributed by atoms with E-state index >= 15 is 0 Å². The van der Waals surface area contributed by atoms with Crippen LogP contribution in [0, 0.1) is 6.92 Å². The van der Waals surface area contributed by atoms with Crippen LogP contribution in [0.4, 0.5) is 11.4 Å². The largest absolute Gasteiger partial charge is 0.482 e. The molecule has 0 aromatic heterocycles. The highest BCUT2D eigenvalue weighted by molar-refractivity contribution is 9.11. The topological polar surface area (TPSA) is 50.4 Å². The van der Waals surface area contributed by atoms with E-state index in [-0.39, 0.29) is 12.5 Å². The lowest BCUT2D eigenvalue weighted by Gasteiger charge is -2.16. The van der Waals surface area contributed by atoms with Gasteiger partial charge in [-0.1, -0.05) is 51.3 Å². The van der Waals surface area contributed by atoms with Crippen molar-refractivity contribution < 1.29 is 9.53 Å². The molecular weight excluding hydrogens is 555 g/mol. The zero-order valence-corrected chi connectivity index (χ0v) is 20.6. The zero-order chi connectivity index (χ0) is 21.7. The van der Waals surface area contributed by atoms with E-state index in [4.69, 9.17) is 27.9 Å². The van der Waals surface area contributed by atoms with Gasteiger partial charge in [0.05, 0.1) is 15.2 Å². The Hall–Kier alpha value is -1.73. The third-order valence-electron chi connectivity index (χ3n) is 4.14. The van der Waals surface area contributed by atoms with Gasteiger partial charge in [0.2, 0.25) is 0 Å². The molecule has 0 radical (unpaired) electrons. The number of carbonyl (C=O) groups is 1. The van der Waals surface area contributed by atoms with Crippen LogP contribution in [0.25, 0.3) is 0 Å². The van der Waals surface area contributed by atoms with Gasteiger partial charge >= 0.3 is 0 Å². The Labute approximate surface area is 202 Å². The number of hydrogen-bond acceptors (Lipinski definition) is 3. The number of benzene rings is 3. The van der Waals surface area contributed by atoms with Crippen molar-refractivity contribution in [2.75, 3.05) is 17.2 Å². The van der Waals surface area contributed by atoms with Gasteiger partial charge in [-0.15, -0.1) is 0 Å². The third-order valence-corrected chi connectivity index (χ3v) is 5.73. The maximum Gasteiger partial charge on any atom is 0.262 e. The Kier molecular flexibility index (Phi) is 8.06. The smallest absolute Gasteiger partial charge is 0.262 e. The van der Waals surface area contributed by atoms with E-state index in [1.807, 2.05) is 49.4 Å². The minimum atomic E-state index is -0.241. The first kappa shape index (κ1) is 22.9. The summed E-state index contributed by atoms with van der Waals surface area (Å²) in [6, 6.07) is 16.6. The molecule has 0 fully saturated rings. The number of carbonyl (C=O) groups excluding carboxylic acids is 1. The molecule has 0 aliphatic carbocycles. The molecule has 2 N–H and O–H groups in total.